The van der Waals surface area contributed by atoms with Crippen molar-refractivity contribution in [1.82, 2.24) is 5.01 Å². The van der Waals surface area contributed by atoms with Crippen LogP contribution in [-0.4, -0.2) is 16.5 Å². The first-order chi connectivity index (χ1) is 7.75. The van der Waals surface area contributed by atoms with E-state index in [-0.39, 0.29) is 5.91 Å². The summed E-state index contributed by atoms with van der Waals surface area (Å²) in [6.45, 7) is 9.57. The van der Waals surface area contributed by atoms with Crippen LogP contribution in [-0.2, 0) is 4.79 Å². The van der Waals surface area contributed by atoms with Crippen molar-refractivity contribution in [3.63, 3.8) is 0 Å². The monoisotopic (exact) mass is 239 g/mol. The van der Waals surface area contributed by atoms with Gasteiger partial charge in [0.1, 0.15) is 0 Å². The zero-order valence-corrected chi connectivity index (χ0v) is 11.6. The fourth-order valence-corrected chi connectivity index (χ4v) is 1.18. The number of nitrogens with zero attached hydrogens (tertiary/aromatic N) is 1. The smallest absolute Gasteiger partial charge is 0.269 e. The van der Waals surface area contributed by atoms with Gasteiger partial charge in [-0.3, -0.25) is 9.80 Å². The lowest BCUT2D eigenvalue weighted by Gasteiger charge is -2.31. The molecule has 0 spiro atoms. The second-order valence-electron chi connectivity index (χ2n) is 4.95. The van der Waals surface area contributed by atoms with Crippen molar-refractivity contribution in [2.45, 2.75) is 53.0 Å². The summed E-state index contributed by atoms with van der Waals surface area (Å²) in [6, 6.07) is 0. The van der Waals surface area contributed by atoms with E-state index in [1.54, 1.807) is 6.08 Å². The third-order valence-electron chi connectivity index (χ3n) is 2.42. The quantitative estimate of drug-likeness (QED) is 0.259. The first-order valence-corrected chi connectivity index (χ1v) is 6.00. The van der Waals surface area contributed by atoms with Crippen molar-refractivity contribution in [3.05, 3.63) is 23.4 Å². The molecule has 0 saturated heterocycles. The zero-order valence-electron chi connectivity index (χ0n) is 11.6. The van der Waals surface area contributed by atoms with Gasteiger partial charge in [0, 0.05) is 5.70 Å². The standard InChI is InChI=1S/C13H25N3O/c1-6-8-9-10(11(14)7-2)12(17)16(15)13(3,4)5/h8-9H,6-7,14-15H2,1-5H3/b9-8-,11-10+. The molecule has 98 valence electrons. The van der Waals surface area contributed by atoms with Crippen LogP contribution in [0, 0.1) is 0 Å². The lowest BCUT2D eigenvalue weighted by atomic mass is 10.0. The Morgan fingerprint density at radius 2 is 1.82 bits per heavy atom. The van der Waals surface area contributed by atoms with Gasteiger partial charge in [-0.15, -0.1) is 0 Å². The van der Waals surface area contributed by atoms with E-state index in [0.29, 0.717) is 17.7 Å². The Morgan fingerprint density at radius 1 is 1.29 bits per heavy atom. The number of hydrogen-bond acceptors (Lipinski definition) is 3. The van der Waals surface area contributed by atoms with Gasteiger partial charge in [0.15, 0.2) is 0 Å². The maximum atomic E-state index is 12.2. The van der Waals surface area contributed by atoms with E-state index in [1.165, 1.54) is 5.01 Å². The van der Waals surface area contributed by atoms with E-state index in [9.17, 15) is 4.79 Å². The number of rotatable bonds is 4. The first kappa shape index (κ1) is 15.7. The van der Waals surface area contributed by atoms with Crippen LogP contribution in [0.1, 0.15) is 47.5 Å². The highest BCUT2D eigenvalue weighted by atomic mass is 16.2. The summed E-state index contributed by atoms with van der Waals surface area (Å²) in [6.07, 6.45) is 5.15. The lowest BCUT2D eigenvalue weighted by Crippen LogP contribution is -2.51. The molecule has 4 N–H and O–H groups in total. The second-order valence-corrected chi connectivity index (χ2v) is 4.95. The van der Waals surface area contributed by atoms with Crippen molar-refractivity contribution in [2.24, 2.45) is 11.6 Å². The molecule has 0 heterocycles. The Morgan fingerprint density at radius 3 is 2.18 bits per heavy atom. The van der Waals surface area contributed by atoms with Gasteiger partial charge in [0.25, 0.3) is 5.91 Å². The summed E-state index contributed by atoms with van der Waals surface area (Å²) in [5, 5.41) is 1.23. The summed E-state index contributed by atoms with van der Waals surface area (Å²) in [4.78, 5) is 12.2. The van der Waals surface area contributed by atoms with Gasteiger partial charge in [-0.1, -0.05) is 26.0 Å². The minimum Gasteiger partial charge on any atom is -0.401 e. The molecule has 0 aliphatic heterocycles. The van der Waals surface area contributed by atoms with Crippen molar-refractivity contribution in [1.29, 1.82) is 0 Å². The number of hydrogen-bond donors (Lipinski definition) is 2. The minimum absolute atomic E-state index is 0.235. The molecule has 0 atom stereocenters. The summed E-state index contributed by atoms with van der Waals surface area (Å²) in [7, 11) is 0. The van der Waals surface area contributed by atoms with Crippen LogP contribution in [0.15, 0.2) is 23.4 Å². The summed E-state index contributed by atoms with van der Waals surface area (Å²) in [5.41, 5.74) is 6.51. The zero-order chi connectivity index (χ0) is 13.6. The average Bonchev–Trinajstić information content (AvgIpc) is 2.26. The van der Waals surface area contributed by atoms with Crippen LogP contribution in [0.4, 0.5) is 0 Å². The number of hydrazine groups is 1. The summed E-state index contributed by atoms with van der Waals surface area (Å²) < 4.78 is 0. The molecule has 0 aromatic rings. The van der Waals surface area contributed by atoms with Gasteiger partial charge in [-0.2, -0.15) is 0 Å². The highest BCUT2D eigenvalue weighted by Gasteiger charge is 2.25. The first-order valence-electron chi connectivity index (χ1n) is 6.00. The number of carbonyl (C=O) groups excluding carboxylic acids is 1. The van der Waals surface area contributed by atoms with Gasteiger partial charge in [0.2, 0.25) is 0 Å². The maximum Gasteiger partial charge on any atom is 0.269 e. The molecular weight excluding hydrogens is 214 g/mol. The predicted molar refractivity (Wildman–Crippen MR) is 71.7 cm³/mol. The number of nitrogens with two attached hydrogens (primary N) is 2. The van der Waals surface area contributed by atoms with E-state index in [4.69, 9.17) is 11.6 Å². The van der Waals surface area contributed by atoms with Crippen LogP contribution < -0.4 is 11.6 Å². The van der Waals surface area contributed by atoms with Crippen LogP contribution in [0.3, 0.4) is 0 Å². The average molecular weight is 239 g/mol. The van der Waals surface area contributed by atoms with Gasteiger partial charge in [0.05, 0.1) is 11.1 Å². The molecule has 0 rings (SSSR count). The molecular formula is C13H25N3O. The Balaban J connectivity index is 5.23. The third kappa shape index (κ3) is 4.61. The molecule has 4 heteroatoms. The van der Waals surface area contributed by atoms with Crippen molar-refractivity contribution in [3.8, 4) is 0 Å². The van der Waals surface area contributed by atoms with Gasteiger partial charge < -0.3 is 5.73 Å². The fraction of sp³-hybridized carbons (Fsp3) is 0.615. The molecule has 0 fully saturated rings. The Kier molecular flexibility index (Phi) is 5.96. The predicted octanol–water partition coefficient (Wildman–Crippen LogP) is 2.08. The molecule has 4 nitrogen and oxygen atoms in total. The Hall–Kier alpha value is -1.29. The van der Waals surface area contributed by atoms with Crippen molar-refractivity contribution < 1.29 is 4.79 Å². The number of carbonyl (C=O) groups is 1. The van der Waals surface area contributed by atoms with E-state index in [0.717, 1.165) is 6.42 Å². The van der Waals surface area contributed by atoms with Gasteiger partial charge in [-0.25, -0.2) is 5.84 Å². The number of allylic oxidation sites excluding steroid dienone is 2. The van der Waals surface area contributed by atoms with Crippen LogP contribution in [0.5, 0.6) is 0 Å². The molecule has 0 aliphatic carbocycles. The largest absolute Gasteiger partial charge is 0.401 e. The Bertz CT molecular complexity index is 324. The van der Waals surface area contributed by atoms with E-state index < -0.39 is 5.54 Å². The Labute approximate surface area is 104 Å². The van der Waals surface area contributed by atoms with Crippen LogP contribution >= 0.6 is 0 Å². The topological polar surface area (TPSA) is 72.3 Å². The lowest BCUT2D eigenvalue weighted by molar-refractivity contribution is -0.131. The minimum atomic E-state index is -0.420. The molecule has 0 unspecified atom stereocenters. The van der Waals surface area contributed by atoms with Gasteiger partial charge in [-0.05, 0) is 33.6 Å². The molecule has 0 aromatic carbocycles. The van der Waals surface area contributed by atoms with Crippen molar-refractivity contribution >= 4 is 5.91 Å². The molecule has 0 aliphatic rings. The second kappa shape index (κ2) is 6.45. The normalized spacial score (nSPS) is 13.8. The van der Waals surface area contributed by atoms with Crippen LogP contribution in [0.2, 0.25) is 0 Å². The van der Waals surface area contributed by atoms with E-state index in [1.807, 2.05) is 40.7 Å². The number of amides is 1. The molecule has 0 radical (unpaired) electrons. The highest BCUT2D eigenvalue weighted by Crippen LogP contribution is 2.15. The third-order valence-corrected chi connectivity index (χ3v) is 2.42. The highest BCUT2D eigenvalue weighted by molar-refractivity contribution is 5.96. The SMILES string of the molecule is CC/C=C\C(C(=O)N(N)C(C)(C)C)=C(/N)CC. The summed E-state index contributed by atoms with van der Waals surface area (Å²) in [5.74, 6) is 5.58. The summed E-state index contributed by atoms with van der Waals surface area (Å²) >= 11 is 0. The van der Waals surface area contributed by atoms with Crippen molar-refractivity contribution in [2.75, 3.05) is 0 Å². The fourth-order valence-electron chi connectivity index (χ4n) is 1.18. The molecule has 17 heavy (non-hydrogen) atoms. The molecule has 0 aromatic heterocycles. The molecule has 1 amide bonds. The van der Waals surface area contributed by atoms with Crippen LogP contribution in [0.25, 0.3) is 0 Å². The van der Waals surface area contributed by atoms with E-state index in [2.05, 4.69) is 0 Å². The van der Waals surface area contributed by atoms with E-state index >= 15 is 0 Å². The molecule has 0 bridgehead atoms. The van der Waals surface area contributed by atoms with Gasteiger partial charge >= 0.3 is 0 Å². The maximum absolute atomic E-state index is 12.2. The molecule has 0 saturated carbocycles.